The summed E-state index contributed by atoms with van der Waals surface area (Å²) in [5.74, 6) is -0.353. The van der Waals surface area contributed by atoms with Crippen molar-refractivity contribution in [2.75, 3.05) is 13.7 Å². The topological polar surface area (TPSA) is 89.2 Å². The molecule has 1 aliphatic heterocycles. The van der Waals surface area contributed by atoms with Crippen molar-refractivity contribution in [3.63, 3.8) is 0 Å². The van der Waals surface area contributed by atoms with E-state index < -0.39 is 17.7 Å². The molecular weight excluding hydrogens is 458 g/mol. The van der Waals surface area contributed by atoms with Crippen LogP contribution in [-0.4, -0.2) is 35.4 Å². The van der Waals surface area contributed by atoms with Crippen LogP contribution in [0.5, 0.6) is 11.5 Å². The van der Waals surface area contributed by atoms with E-state index in [4.69, 9.17) is 13.9 Å². The molecule has 0 spiro atoms. The van der Waals surface area contributed by atoms with E-state index >= 15 is 0 Å². The van der Waals surface area contributed by atoms with E-state index in [-0.39, 0.29) is 23.3 Å². The first-order valence-corrected chi connectivity index (χ1v) is 11.9. The molecule has 1 atom stereocenters. The molecule has 7 nitrogen and oxygen atoms in total. The summed E-state index contributed by atoms with van der Waals surface area (Å²) in [6.07, 6.45) is 1.48. The van der Waals surface area contributed by atoms with Gasteiger partial charge in [0.1, 0.15) is 29.1 Å². The van der Waals surface area contributed by atoms with Gasteiger partial charge in [-0.3, -0.25) is 9.59 Å². The number of likely N-dealkylation sites (tertiary alicyclic amines) is 1. The minimum absolute atomic E-state index is 0.0414. The number of nitrogens with zero attached hydrogens (tertiary/aromatic N) is 1. The number of hydrogen-bond acceptors (Lipinski definition) is 6. The molecule has 4 rings (SSSR count). The van der Waals surface area contributed by atoms with Crippen LogP contribution >= 0.6 is 0 Å². The van der Waals surface area contributed by atoms with Crippen LogP contribution < -0.4 is 9.47 Å². The van der Waals surface area contributed by atoms with Crippen LogP contribution in [0.1, 0.15) is 56.2 Å². The molecule has 7 heteroatoms. The summed E-state index contributed by atoms with van der Waals surface area (Å²) in [5, 5.41) is 11.5. The van der Waals surface area contributed by atoms with E-state index in [0.717, 1.165) is 11.1 Å². The quantitative estimate of drug-likeness (QED) is 0.264. The first kappa shape index (κ1) is 25.1. The molecule has 0 aliphatic carbocycles. The van der Waals surface area contributed by atoms with E-state index in [0.29, 0.717) is 29.4 Å². The summed E-state index contributed by atoms with van der Waals surface area (Å²) in [7, 11) is 1.50. The van der Waals surface area contributed by atoms with Crippen molar-refractivity contribution >= 4 is 17.4 Å². The molecule has 1 aromatic heterocycles. The molecule has 1 aliphatic rings. The number of amides is 1. The predicted molar refractivity (Wildman–Crippen MR) is 136 cm³/mol. The SMILES string of the molecule is CCOc1cccc(CN2C(=O)C(=O)/C(=C(/O)c3cc(C(C)(C)C)ccc3OC)C2c2ccco2)c1. The minimum atomic E-state index is -0.904. The van der Waals surface area contributed by atoms with Gasteiger partial charge in [0.15, 0.2) is 0 Å². The normalized spacial score (nSPS) is 17.5. The van der Waals surface area contributed by atoms with Gasteiger partial charge in [-0.15, -0.1) is 0 Å². The van der Waals surface area contributed by atoms with Gasteiger partial charge in [-0.2, -0.15) is 0 Å². The number of methoxy groups -OCH3 is 1. The van der Waals surface area contributed by atoms with Crippen molar-refractivity contribution in [2.24, 2.45) is 0 Å². The smallest absolute Gasteiger partial charge is 0.296 e. The van der Waals surface area contributed by atoms with Crippen molar-refractivity contribution in [2.45, 2.75) is 45.7 Å². The molecule has 0 saturated carbocycles. The Morgan fingerprint density at radius 1 is 1.08 bits per heavy atom. The van der Waals surface area contributed by atoms with Gasteiger partial charge >= 0.3 is 0 Å². The molecule has 1 fully saturated rings. The number of furan rings is 1. The van der Waals surface area contributed by atoms with Crippen molar-refractivity contribution in [1.29, 1.82) is 0 Å². The summed E-state index contributed by atoms with van der Waals surface area (Å²) in [6, 6.07) is 15.3. The molecular formula is C29H31NO6. The molecule has 1 amide bonds. The fourth-order valence-electron chi connectivity index (χ4n) is 4.39. The fraction of sp³-hybridized carbons (Fsp3) is 0.310. The van der Waals surface area contributed by atoms with Crippen LogP contribution in [0.25, 0.3) is 5.76 Å². The third-order valence-corrected chi connectivity index (χ3v) is 6.24. The number of aliphatic hydroxyl groups is 1. The summed E-state index contributed by atoms with van der Waals surface area (Å²) in [6.45, 7) is 8.69. The Balaban J connectivity index is 1.85. The van der Waals surface area contributed by atoms with Gasteiger partial charge in [0.05, 0.1) is 31.1 Å². The second-order valence-electron chi connectivity index (χ2n) is 9.69. The highest BCUT2D eigenvalue weighted by Gasteiger charge is 2.47. The number of ether oxygens (including phenoxy) is 2. The van der Waals surface area contributed by atoms with Gasteiger partial charge in [0, 0.05) is 6.54 Å². The largest absolute Gasteiger partial charge is 0.507 e. The van der Waals surface area contributed by atoms with Gasteiger partial charge in [-0.1, -0.05) is 39.0 Å². The molecule has 0 radical (unpaired) electrons. The molecule has 1 unspecified atom stereocenters. The van der Waals surface area contributed by atoms with Crippen molar-refractivity contribution in [3.8, 4) is 11.5 Å². The van der Waals surface area contributed by atoms with Crippen LogP contribution in [-0.2, 0) is 21.5 Å². The second-order valence-corrected chi connectivity index (χ2v) is 9.69. The zero-order valence-electron chi connectivity index (χ0n) is 21.2. The molecule has 1 N–H and O–H groups in total. The van der Waals surface area contributed by atoms with Crippen molar-refractivity contribution in [3.05, 3.63) is 88.9 Å². The van der Waals surface area contributed by atoms with Gasteiger partial charge in [-0.25, -0.2) is 0 Å². The van der Waals surface area contributed by atoms with Crippen LogP contribution in [0.3, 0.4) is 0 Å². The van der Waals surface area contributed by atoms with E-state index in [1.807, 2.05) is 37.3 Å². The van der Waals surface area contributed by atoms with Crippen LogP contribution in [0.2, 0.25) is 0 Å². The Morgan fingerprint density at radius 2 is 1.86 bits per heavy atom. The molecule has 0 bridgehead atoms. The Kier molecular flexibility index (Phi) is 6.93. The van der Waals surface area contributed by atoms with E-state index in [9.17, 15) is 14.7 Å². The predicted octanol–water partition coefficient (Wildman–Crippen LogP) is 5.61. The molecule has 36 heavy (non-hydrogen) atoms. The number of aliphatic hydroxyl groups excluding tert-OH is 1. The highest BCUT2D eigenvalue weighted by Crippen LogP contribution is 2.42. The lowest BCUT2D eigenvalue weighted by Crippen LogP contribution is -2.29. The maximum atomic E-state index is 13.4. The lowest BCUT2D eigenvalue weighted by molar-refractivity contribution is -0.140. The number of hydrogen-bond donors (Lipinski definition) is 1. The molecule has 2 aromatic carbocycles. The summed E-state index contributed by atoms with van der Waals surface area (Å²) >= 11 is 0. The number of ketones is 1. The molecule has 3 aromatic rings. The van der Waals surface area contributed by atoms with Gasteiger partial charge in [0.25, 0.3) is 11.7 Å². The van der Waals surface area contributed by atoms with Crippen molar-refractivity contribution in [1.82, 2.24) is 4.90 Å². The Labute approximate surface area is 210 Å². The lowest BCUT2D eigenvalue weighted by Gasteiger charge is -2.24. The minimum Gasteiger partial charge on any atom is -0.507 e. The standard InChI is InChI=1S/C29H31NO6/c1-6-35-20-10-7-9-18(15-20)17-30-25(23-11-8-14-36-23)24(27(32)28(30)33)26(31)21-16-19(29(2,3)4)12-13-22(21)34-5/h7-16,25,31H,6,17H2,1-5H3/b26-24+. The Bertz CT molecular complexity index is 1300. The van der Waals surface area contributed by atoms with Crippen LogP contribution in [0, 0.1) is 0 Å². The summed E-state index contributed by atoms with van der Waals surface area (Å²) in [4.78, 5) is 28.1. The zero-order valence-corrected chi connectivity index (χ0v) is 21.2. The van der Waals surface area contributed by atoms with Gasteiger partial charge < -0.3 is 23.9 Å². The molecule has 2 heterocycles. The zero-order chi connectivity index (χ0) is 26.0. The number of carbonyl (C=O) groups excluding carboxylic acids is 2. The highest BCUT2D eigenvalue weighted by atomic mass is 16.5. The number of rotatable bonds is 7. The number of carbonyl (C=O) groups is 2. The van der Waals surface area contributed by atoms with Gasteiger partial charge in [0.2, 0.25) is 0 Å². The summed E-state index contributed by atoms with van der Waals surface area (Å²) in [5.41, 5.74) is 1.82. The Morgan fingerprint density at radius 3 is 2.50 bits per heavy atom. The second kappa shape index (κ2) is 9.93. The lowest BCUT2D eigenvalue weighted by atomic mass is 9.85. The van der Waals surface area contributed by atoms with Crippen LogP contribution in [0.15, 0.2) is 70.9 Å². The van der Waals surface area contributed by atoms with E-state index in [2.05, 4.69) is 20.8 Å². The molecule has 1 saturated heterocycles. The number of benzene rings is 2. The fourth-order valence-corrected chi connectivity index (χ4v) is 4.39. The van der Waals surface area contributed by atoms with E-state index in [1.165, 1.54) is 18.3 Å². The van der Waals surface area contributed by atoms with Crippen LogP contribution in [0.4, 0.5) is 0 Å². The third-order valence-electron chi connectivity index (χ3n) is 6.24. The first-order valence-electron chi connectivity index (χ1n) is 11.9. The van der Waals surface area contributed by atoms with Crippen molar-refractivity contribution < 1.29 is 28.6 Å². The summed E-state index contributed by atoms with van der Waals surface area (Å²) < 4.78 is 16.7. The van der Waals surface area contributed by atoms with E-state index in [1.54, 1.807) is 24.3 Å². The average molecular weight is 490 g/mol. The number of Topliss-reactive ketones (excluding diaryl/α,β-unsaturated/α-hetero) is 1. The highest BCUT2D eigenvalue weighted by molar-refractivity contribution is 6.46. The third kappa shape index (κ3) is 4.73. The monoisotopic (exact) mass is 489 g/mol. The maximum Gasteiger partial charge on any atom is 0.296 e. The average Bonchev–Trinajstić information content (AvgIpc) is 3.46. The maximum absolute atomic E-state index is 13.4. The first-order chi connectivity index (χ1) is 17.2. The molecule has 188 valence electrons. The van der Waals surface area contributed by atoms with Gasteiger partial charge in [-0.05, 0) is 59.9 Å². The Hall–Kier alpha value is -4.00.